The van der Waals surface area contributed by atoms with E-state index in [0.717, 1.165) is 25.0 Å². The summed E-state index contributed by atoms with van der Waals surface area (Å²) in [5, 5.41) is 21.0. The highest BCUT2D eigenvalue weighted by atomic mass is 16.5. The molecule has 0 unspecified atom stereocenters. The van der Waals surface area contributed by atoms with Crippen LogP contribution in [-0.4, -0.2) is 126 Å². The molecule has 0 saturated carbocycles. The molecule has 10 heteroatoms. The summed E-state index contributed by atoms with van der Waals surface area (Å²) < 4.78 is 11.1. The Labute approximate surface area is 227 Å². The van der Waals surface area contributed by atoms with Crippen molar-refractivity contribution in [2.75, 3.05) is 60.1 Å². The van der Waals surface area contributed by atoms with Crippen molar-refractivity contribution >= 4 is 11.8 Å². The molecule has 0 radical (unpaired) electrons. The molecule has 2 rings (SSSR count). The molecule has 216 valence electrons. The van der Waals surface area contributed by atoms with E-state index >= 15 is 0 Å². The van der Waals surface area contributed by atoms with E-state index in [0.29, 0.717) is 38.6 Å². The molecule has 1 aromatic rings. The molecule has 2 amide bonds. The molecule has 0 spiro atoms. The van der Waals surface area contributed by atoms with Crippen LogP contribution in [0.4, 0.5) is 0 Å². The summed E-state index contributed by atoms with van der Waals surface area (Å²) in [6.07, 6.45) is 1.58. The average molecular weight is 537 g/mol. The highest BCUT2D eigenvalue weighted by Crippen LogP contribution is 2.18. The fourth-order valence-electron chi connectivity index (χ4n) is 4.77. The van der Waals surface area contributed by atoms with Crippen LogP contribution in [0.25, 0.3) is 0 Å². The smallest absolute Gasteiger partial charge is 0.237 e. The van der Waals surface area contributed by atoms with Gasteiger partial charge in [0, 0.05) is 71.2 Å². The van der Waals surface area contributed by atoms with Gasteiger partial charge in [0.05, 0.1) is 13.2 Å². The van der Waals surface area contributed by atoms with Gasteiger partial charge in [-0.3, -0.25) is 19.5 Å². The molecule has 2 heterocycles. The van der Waals surface area contributed by atoms with Crippen molar-refractivity contribution in [3.05, 3.63) is 30.1 Å². The van der Waals surface area contributed by atoms with E-state index < -0.39 is 18.3 Å². The Morgan fingerprint density at radius 2 is 2.00 bits per heavy atom. The van der Waals surface area contributed by atoms with Gasteiger partial charge < -0.3 is 29.5 Å². The van der Waals surface area contributed by atoms with Gasteiger partial charge in [-0.2, -0.15) is 0 Å². The van der Waals surface area contributed by atoms with Crippen molar-refractivity contribution in [3.63, 3.8) is 0 Å². The van der Waals surface area contributed by atoms with Crippen molar-refractivity contribution in [3.8, 4) is 0 Å². The maximum Gasteiger partial charge on any atom is 0.237 e. The zero-order valence-electron chi connectivity index (χ0n) is 23.8. The summed E-state index contributed by atoms with van der Waals surface area (Å²) in [5.41, 5.74) is 0.986. The fraction of sp³-hybridized carbons (Fsp3) is 0.750. The number of aliphatic hydroxyl groups is 2. The van der Waals surface area contributed by atoms with Crippen LogP contribution in [0.5, 0.6) is 0 Å². The Bertz CT molecular complexity index is 827. The lowest BCUT2D eigenvalue weighted by Crippen LogP contribution is -2.54. The lowest BCUT2D eigenvalue weighted by molar-refractivity contribution is -0.142. The van der Waals surface area contributed by atoms with Gasteiger partial charge in [0.15, 0.2) is 0 Å². The zero-order chi connectivity index (χ0) is 28.1. The first-order chi connectivity index (χ1) is 18.1. The van der Waals surface area contributed by atoms with Gasteiger partial charge in [-0.15, -0.1) is 0 Å². The van der Waals surface area contributed by atoms with Gasteiger partial charge in [-0.1, -0.05) is 19.9 Å². The van der Waals surface area contributed by atoms with Crippen LogP contribution in [-0.2, 0) is 25.5 Å². The standard InChI is InChI=1S/C28H48N4O6/c1-21(2)16-24-17-31(22(3)33)18-26(37-5)28(36)25(34)20-38-15-9-8-13-32(24)27(35)19-30(4)14-11-23-10-6-7-12-29-23/h6-7,10,12,21,24-26,28,34,36H,8-9,11,13-20H2,1-5H3/t24-,25+,26+,28+/m0/s1. The maximum absolute atomic E-state index is 13.7. The highest BCUT2D eigenvalue weighted by molar-refractivity contribution is 5.79. The Hall–Kier alpha value is -2.11. The van der Waals surface area contributed by atoms with Gasteiger partial charge in [0.25, 0.3) is 0 Å². The Morgan fingerprint density at radius 3 is 2.63 bits per heavy atom. The quantitative estimate of drug-likeness (QED) is 0.509. The van der Waals surface area contributed by atoms with Gasteiger partial charge in [0.2, 0.25) is 11.8 Å². The number of aliphatic hydroxyl groups excluding tert-OH is 2. The van der Waals surface area contributed by atoms with Gasteiger partial charge in [-0.05, 0) is 44.4 Å². The van der Waals surface area contributed by atoms with Crippen LogP contribution in [0.3, 0.4) is 0 Å². The van der Waals surface area contributed by atoms with Crippen molar-refractivity contribution < 1.29 is 29.3 Å². The molecular weight excluding hydrogens is 488 g/mol. The SMILES string of the molecule is CO[C@@H]1CN(C(C)=O)C[C@H](CC(C)C)N(C(=O)CN(C)CCc2ccccn2)CCCCOC[C@@H](O)[C@H]1O. The average Bonchev–Trinajstić information content (AvgIpc) is 2.88. The van der Waals surface area contributed by atoms with E-state index in [2.05, 4.69) is 18.8 Å². The third-order valence-corrected chi connectivity index (χ3v) is 6.97. The third kappa shape index (κ3) is 10.9. The summed E-state index contributed by atoms with van der Waals surface area (Å²) >= 11 is 0. The monoisotopic (exact) mass is 536 g/mol. The minimum absolute atomic E-state index is 0.0226. The second kappa shape index (κ2) is 16.8. The van der Waals surface area contributed by atoms with Crippen LogP contribution < -0.4 is 0 Å². The summed E-state index contributed by atoms with van der Waals surface area (Å²) in [4.78, 5) is 36.3. The van der Waals surface area contributed by atoms with Crippen LogP contribution >= 0.6 is 0 Å². The molecule has 1 aliphatic heterocycles. The second-order valence-electron chi connectivity index (χ2n) is 10.7. The molecule has 1 fully saturated rings. The molecular formula is C28H48N4O6. The number of hydrogen-bond donors (Lipinski definition) is 2. The maximum atomic E-state index is 13.7. The van der Waals surface area contributed by atoms with E-state index in [1.165, 1.54) is 14.0 Å². The first-order valence-electron chi connectivity index (χ1n) is 13.7. The minimum Gasteiger partial charge on any atom is -0.388 e. The Kier molecular flexibility index (Phi) is 14.2. The van der Waals surface area contributed by atoms with Crippen molar-refractivity contribution in [2.24, 2.45) is 5.92 Å². The van der Waals surface area contributed by atoms with Crippen LogP contribution in [0.15, 0.2) is 24.4 Å². The number of hydrogen-bond acceptors (Lipinski definition) is 8. The van der Waals surface area contributed by atoms with Gasteiger partial charge in [0.1, 0.15) is 18.3 Å². The molecule has 1 saturated heterocycles. The van der Waals surface area contributed by atoms with Crippen molar-refractivity contribution in [1.82, 2.24) is 19.7 Å². The molecule has 0 aliphatic carbocycles. The summed E-state index contributed by atoms with van der Waals surface area (Å²) in [6, 6.07) is 5.64. The number of amides is 2. The summed E-state index contributed by atoms with van der Waals surface area (Å²) in [5.74, 6) is 0.152. The van der Waals surface area contributed by atoms with E-state index in [4.69, 9.17) is 9.47 Å². The topological polar surface area (TPSA) is 116 Å². The van der Waals surface area contributed by atoms with E-state index in [1.54, 1.807) is 11.1 Å². The first kappa shape index (κ1) is 32.1. The molecule has 10 nitrogen and oxygen atoms in total. The molecule has 0 aromatic carbocycles. The number of rotatable bonds is 8. The predicted molar refractivity (Wildman–Crippen MR) is 146 cm³/mol. The van der Waals surface area contributed by atoms with Crippen molar-refractivity contribution in [2.45, 2.75) is 70.8 Å². The van der Waals surface area contributed by atoms with Crippen LogP contribution in [0.1, 0.15) is 45.7 Å². The molecule has 1 aliphatic rings. The van der Waals surface area contributed by atoms with E-state index in [-0.39, 0.29) is 37.6 Å². The minimum atomic E-state index is -1.21. The predicted octanol–water partition coefficient (Wildman–Crippen LogP) is 1.19. The molecule has 2 N–H and O–H groups in total. The normalized spacial score (nSPS) is 24.4. The number of carbonyl (C=O) groups is 2. The van der Waals surface area contributed by atoms with Gasteiger partial charge in [-0.25, -0.2) is 0 Å². The number of methoxy groups -OCH3 is 1. The van der Waals surface area contributed by atoms with Crippen LogP contribution in [0.2, 0.25) is 0 Å². The zero-order valence-corrected chi connectivity index (χ0v) is 23.8. The number of pyridine rings is 1. The fourth-order valence-corrected chi connectivity index (χ4v) is 4.77. The lowest BCUT2D eigenvalue weighted by Gasteiger charge is -2.39. The summed E-state index contributed by atoms with van der Waals surface area (Å²) in [6.45, 7) is 8.04. The molecule has 1 aromatic heterocycles. The number of carbonyl (C=O) groups excluding carboxylic acids is 2. The second-order valence-corrected chi connectivity index (χ2v) is 10.7. The lowest BCUT2D eigenvalue weighted by atomic mass is 10.00. The molecule has 0 bridgehead atoms. The number of likely N-dealkylation sites (N-methyl/N-ethyl adjacent to an activating group) is 1. The number of nitrogens with zero attached hydrogens (tertiary/aromatic N) is 4. The van der Waals surface area contributed by atoms with Crippen LogP contribution in [0, 0.1) is 5.92 Å². The largest absolute Gasteiger partial charge is 0.388 e. The first-order valence-corrected chi connectivity index (χ1v) is 13.7. The molecule has 38 heavy (non-hydrogen) atoms. The summed E-state index contributed by atoms with van der Waals surface area (Å²) in [7, 11) is 3.39. The highest BCUT2D eigenvalue weighted by Gasteiger charge is 2.33. The van der Waals surface area contributed by atoms with Crippen molar-refractivity contribution in [1.29, 1.82) is 0 Å². The number of ether oxygens (including phenoxy) is 2. The Balaban J connectivity index is 2.23. The van der Waals surface area contributed by atoms with Gasteiger partial charge >= 0.3 is 0 Å². The molecule has 4 atom stereocenters. The van der Waals surface area contributed by atoms with E-state index in [1.807, 2.05) is 35.0 Å². The van der Waals surface area contributed by atoms with E-state index in [9.17, 15) is 19.8 Å². The third-order valence-electron chi connectivity index (χ3n) is 6.97. The Morgan fingerprint density at radius 1 is 1.24 bits per heavy atom. The number of aromatic nitrogens is 1.